The predicted octanol–water partition coefficient (Wildman–Crippen LogP) is 0.977. The molecule has 104 valence electrons. The maximum absolute atomic E-state index is 12.1. The maximum atomic E-state index is 12.1. The fourth-order valence-corrected chi connectivity index (χ4v) is 2.56. The van der Waals surface area contributed by atoms with Crippen LogP contribution in [0.25, 0.3) is 0 Å². The zero-order chi connectivity index (χ0) is 13.9. The summed E-state index contributed by atoms with van der Waals surface area (Å²) in [5.41, 5.74) is 5.14. The number of carboxylic acid groups (broad SMARTS) is 1. The summed E-state index contributed by atoms with van der Waals surface area (Å²) in [6.45, 7) is 5.91. The van der Waals surface area contributed by atoms with Gasteiger partial charge in [-0.25, -0.2) is 4.79 Å². The Morgan fingerprint density at radius 3 is 2.44 bits per heavy atom. The third-order valence-corrected chi connectivity index (χ3v) is 3.70. The van der Waals surface area contributed by atoms with Gasteiger partial charge in [0.25, 0.3) is 0 Å². The Morgan fingerprint density at radius 2 is 2.00 bits per heavy atom. The molecule has 1 saturated carbocycles. The van der Waals surface area contributed by atoms with Crippen molar-refractivity contribution >= 4 is 11.9 Å². The molecule has 0 aromatic carbocycles. The Labute approximate surface area is 108 Å². The van der Waals surface area contributed by atoms with Gasteiger partial charge in [0, 0.05) is 5.92 Å². The lowest BCUT2D eigenvalue weighted by molar-refractivity contribution is -0.145. The monoisotopic (exact) mass is 256 g/mol. The van der Waals surface area contributed by atoms with Gasteiger partial charge in [-0.05, 0) is 30.7 Å². The van der Waals surface area contributed by atoms with Crippen molar-refractivity contribution in [2.45, 2.75) is 46.1 Å². The highest BCUT2D eigenvalue weighted by Gasteiger charge is 2.37. The van der Waals surface area contributed by atoms with Crippen LogP contribution in [0.2, 0.25) is 0 Å². The lowest BCUT2D eigenvalue weighted by Crippen LogP contribution is -2.51. The number of hydrogen-bond donors (Lipinski definition) is 3. The second kappa shape index (κ2) is 5.69. The molecule has 0 aromatic heterocycles. The molecular weight excluding hydrogens is 232 g/mol. The van der Waals surface area contributed by atoms with Crippen molar-refractivity contribution in [1.82, 2.24) is 5.32 Å². The third-order valence-electron chi connectivity index (χ3n) is 3.70. The van der Waals surface area contributed by atoms with Crippen molar-refractivity contribution in [2.24, 2.45) is 23.0 Å². The van der Waals surface area contributed by atoms with Gasteiger partial charge in [-0.15, -0.1) is 0 Å². The van der Waals surface area contributed by atoms with Crippen molar-refractivity contribution in [3.63, 3.8) is 0 Å². The number of carboxylic acids is 1. The van der Waals surface area contributed by atoms with Crippen molar-refractivity contribution in [3.05, 3.63) is 0 Å². The van der Waals surface area contributed by atoms with E-state index < -0.39 is 17.4 Å². The van der Waals surface area contributed by atoms with E-state index in [2.05, 4.69) is 5.32 Å². The highest BCUT2D eigenvalue weighted by molar-refractivity contribution is 5.85. The number of carbonyl (C=O) groups excluding carboxylic acids is 1. The fraction of sp³-hybridized carbons (Fsp3) is 0.846. The van der Waals surface area contributed by atoms with Crippen molar-refractivity contribution in [2.75, 3.05) is 6.54 Å². The topological polar surface area (TPSA) is 92.4 Å². The average molecular weight is 256 g/mol. The van der Waals surface area contributed by atoms with E-state index in [0.717, 1.165) is 19.3 Å². The normalized spacial score (nSPS) is 25.8. The second-order valence-electron chi connectivity index (χ2n) is 6.18. The Hall–Kier alpha value is -1.10. The maximum Gasteiger partial charge on any atom is 0.326 e. The first-order valence-electron chi connectivity index (χ1n) is 6.50. The predicted molar refractivity (Wildman–Crippen MR) is 68.9 cm³/mol. The highest BCUT2D eigenvalue weighted by Crippen LogP contribution is 2.31. The van der Waals surface area contributed by atoms with Gasteiger partial charge in [0.2, 0.25) is 5.91 Å². The number of nitrogens with one attached hydrogen (secondary N) is 1. The molecule has 4 N–H and O–H groups in total. The molecule has 0 aliphatic heterocycles. The molecule has 0 aromatic rings. The Morgan fingerprint density at radius 1 is 1.39 bits per heavy atom. The minimum Gasteiger partial charge on any atom is -0.480 e. The summed E-state index contributed by atoms with van der Waals surface area (Å²) in [6.07, 6.45) is 2.76. The molecule has 5 nitrogen and oxygen atoms in total. The van der Waals surface area contributed by atoms with Crippen LogP contribution in [-0.4, -0.2) is 29.6 Å². The van der Waals surface area contributed by atoms with Crippen molar-refractivity contribution in [3.8, 4) is 0 Å². The summed E-state index contributed by atoms with van der Waals surface area (Å²) < 4.78 is 0. The number of aliphatic carboxylic acids is 1. The van der Waals surface area contributed by atoms with E-state index in [-0.39, 0.29) is 17.7 Å². The average Bonchev–Trinajstić information content (AvgIpc) is 2.71. The van der Waals surface area contributed by atoms with Crippen LogP contribution in [0, 0.1) is 17.3 Å². The van der Waals surface area contributed by atoms with Gasteiger partial charge in [0.05, 0.1) is 0 Å². The van der Waals surface area contributed by atoms with Crippen LogP contribution in [0.4, 0.5) is 0 Å². The van der Waals surface area contributed by atoms with Gasteiger partial charge < -0.3 is 16.2 Å². The zero-order valence-electron chi connectivity index (χ0n) is 11.4. The van der Waals surface area contributed by atoms with Crippen LogP contribution >= 0.6 is 0 Å². The van der Waals surface area contributed by atoms with Crippen LogP contribution in [0.3, 0.4) is 0 Å². The van der Waals surface area contributed by atoms with Crippen molar-refractivity contribution in [1.29, 1.82) is 0 Å². The molecule has 0 bridgehead atoms. The molecule has 1 aliphatic carbocycles. The Bertz CT molecular complexity index is 323. The molecule has 0 saturated heterocycles. The van der Waals surface area contributed by atoms with E-state index in [9.17, 15) is 14.7 Å². The molecule has 1 rings (SSSR count). The first-order valence-corrected chi connectivity index (χ1v) is 6.50. The largest absolute Gasteiger partial charge is 0.480 e. The van der Waals surface area contributed by atoms with Crippen LogP contribution in [0.1, 0.15) is 40.0 Å². The van der Waals surface area contributed by atoms with Crippen LogP contribution in [0.5, 0.6) is 0 Å². The van der Waals surface area contributed by atoms with E-state index in [1.807, 2.05) is 0 Å². The molecule has 3 unspecified atom stereocenters. The number of carbonyl (C=O) groups is 2. The first-order chi connectivity index (χ1) is 8.27. The van der Waals surface area contributed by atoms with Gasteiger partial charge in [-0.3, -0.25) is 4.79 Å². The summed E-state index contributed by atoms with van der Waals surface area (Å²) in [7, 11) is 0. The molecular formula is C13H24N2O3. The van der Waals surface area contributed by atoms with E-state index in [1.165, 1.54) is 0 Å². The molecule has 0 heterocycles. The quantitative estimate of drug-likeness (QED) is 0.699. The molecule has 3 atom stereocenters. The molecule has 18 heavy (non-hydrogen) atoms. The Kier molecular flexibility index (Phi) is 4.73. The standard InChI is InChI=1S/C13H24N2O3/c1-13(2,3)10(12(17)18)15-11(16)9-6-4-5-8(9)7-14/h8-10H,4-7,14H2,1-3H3,(H,15,16)(H,17,18). The second-order valence-corrected chi connectivity index (χ2v) is 6.18. The van der Waals surface area contributed by atoms with Crippen LogP contribution < -0.4 is 11.1 Å². The number of nitrogens with two attached hydrogens (primary N) is 1. The summed E-state index contributed by atoms with van der Waals surface area (Å²) >= 11 is 0. The van der Waals surface area contributed by atoms with E-state index in [1.54, 1.807) is 20.8 Å². The third kappa shape index (κ3) is 3.45. The first kappa shape index (κ1) is 15.0. The molecule has 1 amide bonds. The van der Waals surface area contributed by atoms with Gasteiger partial charge in [-0.2, -0.15) is 0 Å². The zero-order valence-corrected chi connectivity index (χ0v) is 11.4. The molecule has 5 heteroatoms. The molecule has 1 aliphatic rings. The molecule has 0 radical (unpaired) electrons. The van der Waals surface area contributed by atoms with Crippen molar-refractivity contribution < 1.29 is 14.7 Å². The van der Waals surface area contributed by atoms with E-state index >= 15 is 0 Å². The smallest absolute Gasteiger partial charge is 0.326 e. The molecule has 0 spiro atoms. The van der Waals surface area contributed by atoms with Crippen LogP contribution in [0.15, 0.2) is 0 Å². The summed E-state index contributed by atoms with van der Waals surface area (Å²) in [6, 6.07) is -0.857. The number of rotatable bonds is 4. The SMILES string of the molecule is CC(C)(C)C(NC(=O)C1CCCC1CN)C(=O)O. The molecule has 1 fully saturated rings. The van der Waals surface area contributed by atoms with Gasteiger partial charge in [0.15, 0.2) is 0 Å². The van der Waals surface area contributed by atoms with Gasteiger partial charge >= 0.3 is 5.97 Å². The minimum absolute atomic E-state index is 0.126. The van der Waals surface area contributed by atoms with Crippen LogP contribution in [-0.2, 0) is 9.59 Å². The minimum atomic E-state index is -0.988. The van der Waals surface area contributed by atoms with Gasteiger partial charge in [-0.1, -0.05) is 27.2 Å². The highest BCUT2D eigenvalue weighted by atomic mass is 16.4. The fourth-order valence-electron chi connectivity index (χ4n) is 2.56. The Balaban J connectivity index is 2.70. The van der Waals surface area contributed by atoms with E-state index in [4.69, 9.17) is 5.73 Å². The van der Waals surface area contributed by atoms with Gasteiger partial charge in [0.1, 0.15) is 6.04 Å². The number of amides is 1. The lowest BCUT2D eigenvalue weighted by Gasteiger charge is -2.29. The summed E-state index contributed by atoms with van der Waals surface area (Å²) in [5.74, 6) is -1.08. The summed E-state index contributed by atoms with van der Waals surface area (Å²) in [4.78, 5) is 23.4. The van der Waals surface area contributed by atoms with E-state index in [0.29, 0.717) is 6.54 Å². The lowest BCUT2D eigenvalue weighted by atomic mass is 9.85. The summed E-state index contributed by atoms with van der Waals surface area (Å²) in [5, 5.41) is 11.9. The number of hydrogen-bond acceptors (Lipinski definition) is 3.